The van der Waals surface area contributed by atoms with E-state index >= 15 is 13.2 Å². The van der Waals surface area contributed by atoms with Crippen molar-refractivity contribution < 1.29 is 36.9 Å². The molecular weight excluding hydrogens is 1030 g/mol. The van der Waals surface area contributed by atoms with Gasteiger partial charge in [0.05, 0.1) is 33.0 Å². The third-order valence-electron chi connectivity index (χ3n) is 18.0. The van der Waals surface area contributed by atoms with Crippen LogP contribution < -0.4 is 24.4 Å². The molecule has 7 nitrogen and oxygen atoms in total. The van der Waals surface area contributed by atoms with Crippen LogP contribution in [-0.4, -0.2) is 46.4 Å². The van der Waals surface area contributed by atoms with E-state index in [1.807, 2.05) is 117 Å². The Morgan fingerprint density at radius 2 is 1.35 bits per heavy atom. The Balaban J connectivity index is 0.882. The van der Waals surface area contributed by atoms with Crippen molar-refractivity contribution in [1.29, 1.82) is 0 Å². The number of unbranched alkanes of at least 4 members (excludes halogenated alkanes) is 2. The number of halogens is 3. The molecule has 0 radical (unpaired) electrons. The van der Waals surface area contributed by atoms with Crippen molar-refractivity contribution >= 4 is 34.1 Å². The lowest BCUT2D eigenvalue weighted by Gasteiger charge is -2.39. The van der Waals surface area contributed by atoms with Crippen LogP contribution in [0.2, 0.25) is 0 Å². The predicted molar refractivity (Wildman–Crippen MR) is 325 cm³/mol. The largest absolute Gasteiger partial charge is 0.497 e. The average molecular weight is 1100 g/mol. The van der Waals surface area contributed by atoms with Gasteiger partial charge in [-0.25, -0.2) is 0 Å². The van der Waals surface area contributed by atoms with Crippen LogP contribution in [0.3, 0.4) is 0 Å². The van der Waals surface area contributed by atoms with Crippen LogP contribution in [0, 0.1) is 12.8 Å². The first kappa shape index (κ1) is 54.8. The fraction of sp³-hybridized carbons (Fsp3) is 0.319. The van der Waals surface area contributed by atoms with Crippen molar-refractivity contribution in [2.75, 3.05) is 50.7 Å². The van der Waals surface area contributed by atoms with Crippen LogP contribution in [0.5, 0.6) is 17.2 Å². The van der Waals surface area contributed by atoms with Gasteiger partial charge in [-0.05, 0) is 173 Å². The van der Waals surface area contributed by atoms with Crippen LogP contribution in [0.15, 0.2) is 152 Å². The summed E-state index contributed by atoms with van der Waals surface area (Å²) in [5, 5.41) is 4.51. The van der Waals surface area contributed by atoms with Gasteiger partial charge in [-0.3, -0.25) is 4.79 Å². The highest BCUT2D eigenvalue weighted by Gasteiger charge is 2.49. The molecule has 8 aromatic rings. The predicted octanol–water partition coefficient (Wildman–Crippen LogP) is 18.1. The summed E-state index contributed by atoms with van der Waals surface area (Å²) < 4.78 is 71.3. The van der Waals surface area contributed by atoms with Gasteiger partial charge >= 0.3 is 6.18 Å². The van der Waals surface area contributed by atoms with Gasteiger partial charge in [0.25, 0.3) is 5.91 Å². The number of anilines is 2. The van der Waals surface area contributed by atoms with E-state index in [1.54, 1.807) is 21.1 Å². The molecular formula is C72H71F3N2O5. The van der Waals surface area contributed by atoms with Gasteiger partial charge in [0, 0.05) is 63.1 Å². The number of hydrogen-bond donors (Lipinski definition) is 1. The number of alkyl halides is 3. The van der Waals surface area contributed by atoms with Crippen molar-refractivity contribution in [3.05, 3.63) is 202 Å². The monoisotopic (exact) mass is 1100 g/mol. The number of carbonyl (C=O) groups excluding carboxylic acids is 1. The lowest BCUT2D eigenvalue weighted by molar-refractivity contribution is -0.138. The molecule has 1 atom stereocenters. The number of nitrogens with zero attached hydrogens (tertiary/aromatic N) is 1. The molecule has 12 rings (SSSR count). The minimum atomic E-state index is -4.61. The Bertz CT molecular complexity index is 3690. The normalized spacial score (nSPS) is 19.0. The van der Waals surface area contributed by atoms with Crippen LogP contribution in [0.25, 0.3) is 50.2 Å². The number of amides is 1. The standard InChI is InChI=1S/C72H71F3N2O5/c1-7-8-9-10-46-11-13-47(14-12-46)48-15-17-49(18-16-48)50-19-21-52(22-20-50)69(78)76-55-29-23-51(24-30-55)59-43-60-61(44-64(59)80-6)68-58(67-65(60)62-41-45(2)42-63(72(73,74)75)66(62)70(67,3)4)35-36-71(82-68,54-27-33-57(79-5)34-28-54)53-25-31-56(32-26-53)77-37-39-81-40-38-77/h15-36,41-44,46-47H,7-14,37-40H2,1-6H3,(H,76,78). The number of fused-ring (bicyclic) bond motifs is 8. The minimum absolute atomic E-state index is 0.230. The molecule has 1 amide bonds. The van der Waals surface area contributed by atoms with Crippen LogP contribution >= 0.6 is 0 Å². The number of ether oxygens (including phenoxy) is 4. The third kappa shape index (κ3) is 10.1. The van der Waals surface area contributed by atoms with Crippen molar-refractivity contribution in [2.45, 2.75) is 102 Å². The first-order valence-electron chi connectivity index (χ1n) is 29.2. The van der Waals surface area contributed by atoms with Gasteiger partial charge in [-0.1, -0.05) is 131 Å². The van der Waals surface area contributed by atoms with Gasteiger partial charge in [-0.2, -0.15) is 13.2 Å². The van der Waals surface area contributed by atoms with Crippen molar-refractivity contribution in [1.82, 2.24) is 0 Å². The maximum absolute atomic E-state index is 15.4. The van der Waals surface area contributed by atoms with Crippen molar-refractivity contribution in [3.8, 4) is 50.6 Å². The van der Waals surface area contributed by atoms with E-state index < -0.39 is 22.8 Å². The lowest BCUT2D eigenvalue weighted by atomic mass is 9.75. The van der Waals surface area contributed by atoms with E-state index in [4.69, 9.17) is 18.9 Å². The fourth-order valence-electron chi connectivity index (χ4n) is 13.7. The maximum atomic E-state index is 15.4. The molecule has 2 aliphatic carbocycles. The van der Waals surface area contributed by atoms with Gasteiger partial charge in [-0.15, -0.1) is 0 Å². The molecule has 420 valence electrons. The van der Waals surface area contributed by atoms with Gasteiger partial charge in [0.15, 0.2) is 5.60 Å². The molecule has 1 N–H and O–H groups in total. The Morgan fingerprint density at radius 1 is 0.707 bits per heavy atom. The number of methoxy groups -OCH3 is 2. The Hall–Kier alpha value is -7.82. The second-order valence-corrected chi connectivity index (χ2v) is 23.4. The van der Waals surface area contributed by atoms with Crippen molar-refractivity contribution in [3.63, 3.8) is 0 Å². The van der Waals surface area contributed by atoms with Crippen molar-refractivity contribution in [2.24, 2.45) is 5.92 Å². The summed E-state index contributed by atoms with van der Waals surface area (Å²) >= 11 is 0. The second kappa shape index (κ2) is 22.2. The lowest BCUT2D eigenvalue weighted by Crippen LogP contribution is -2.37. The van der Waals surface area contributed by atoms with E-state index in [0.717, 1.165) is 74.6 Å². The number of nitrogens with one attached hydrogen (secondary N) is 1. The minimum Gasteiger partial charge on any atom is -0.497 e. The van der Waals surface area contributed by atoms with Crippen LogP contribution in [-0.2, 0) is 21.9 Å². The molecule has 4 aliphatic rings. The molecule has 0 bridgehead atoms. The first-order valence-corrected chi connectivity index (χ1v) is 29.2. The Kier molecular flexibility index (Phi) is 14.8. The summed E-state index contributed by atoms with van der Waals surface area (Å²) in [6.45, 7) is 10.7. The summed E-state index contributed by atoms with van der Waals surface area (Å²) in [4.78, 5) is 16.1. The van der Waals surface area contributed by atoms with E-state index in [0.29, 0.717) is 69.7 Å². The first-order chi connectivity index (χ1) is 39.7. The molecule has 2 heterocycles. The Labute approximate surface area is 480 Å². The second-order valence-electron chi connectivity index (χ2n) is 23.4. The zero-order chi connectivity index (χ0) is 56.9. The van der Waals surface area contributed by atoms with E-state index in [1.165, 1.54) is 63.0 Å². The molecule has 1 saturated carbocycles. The number of morpholine rings is 1. The smallest absolute Gasteiger partial charge is 0.416 e. The molecule has 2 fully saturated rings. The topological polar surface area (TPSA) is 69.3 Å². The number of rotatable bonds is 14. The fourth-order valence-corrected chi connectivity index (χ4v) is 13.7. The molecule has 1 saturated heterocycles. The van der Waals surface area contributed by atoms with Crippen LogP contribution in [0.1, 0.15) is 133 Å². The molecule has 0 spiro atoms. The molecule has 8 aromatic carbocycles. The third-order valence-corrected chi connectivity index (χ3v) is 18.0. The molecule has 0 aromatic heterocycles. The number of hydrogen-bond acceptors (Lipinski definition) is 6. The summed E-state index contributed by atoms with van der Waals surface area (Å²) in [5.74, 6) is 3.05. The zero-order valence-corrected chi connectivity index (χ0v) is 47.8. The van der Waals surface area contributed by atoms with E-state index in [2.05, 4.69) is 65.7 Å². The SMILES string of the molecule is CCCCCC1CCC(c2ccc(-c3ccc(C(=O)Nc4ccc(-c5cc6c7c(c8c(c6cc5OC)OC(c5ccc(OC)cc5)(c5ccc(N6CCOCC6)cc5)C=C8)C(C)(C)c5c-7cc(C)cc5C(F)(F)F)cc4)cc3)cc2)CC1. The summed E-state index contributed by atoms with van der Waals surface area (Å²) in [7, 11) is 3.25. The highest BCUT2D eigenvalue weighted by molar-refractivity contribution is 6.11. The average Bonchev–Trinajstić information content (AvgIpc) is 1.58. The Morgan fingerprint density at radius 3 is 1.99 bits per heavy atom. The number of benzene rings is 8. The van der Waals surface area contributed by atoms with Gasteiger partial charge < -0.3 is 29.2 Å². The maximum Gasteiger partial charge on any atom is 0.416 e. The van der Waals surface area contributed by atoms with Crippen LogP contribution in [0.4, 0.5) is 24.5 Å². The molecule has 10 heteroatoms. The summed E-state index contributed by atoms with van der Waals surface area (Å²) in [5.41, 5.74) is 9.62. The zero-order valence-electron chi connectivity index (χ0n) is 47.8. The number of carbonyl (C=O) groups is 1. The molecule has 2 aliphatic heterocycles. The van der Waals surface area contributed by atoms with E-state index in [9.17, 15) is 4.79 Å². The van der Waals surface area contributed by atoms with E-state index in [-0.39, 0.29) is 11.5 Å². The molecule has 1 unspecified atom stereocenters. The highest BCUT2D eigenvalue weighted by atomic mass is 19.4. The summed E-state index contributed by atoms with van der Waals surface area (Å²) in [6.07, 6.45) is 10.0. The number of aryl methyl sites for hydroxylation is 1. The summed E-state index contributed by atoms with van der Waals surface area (Å²) in [6, 6.07) is 47.7. The van der Waals surface area contributed by atoms with Gasteiger partial charge in [0.1, 0.15) is 17.2 Å². The van der Waals surface area contributed by atoms with Gasteiger partial charge in [0.2, 0.25) is 0 Å². The highest BCUT2D eigenvalue weighted by Crippen LogP contribution is 2.61. The molecule has 82 heavy (non-hydrogen) atoms. The quantitative estimate of drug-likeness (QED) is 0.109.